The standard InChI is InChI=1S/C16H22BrNO2/c1-19-15-10-13(17)12(14-7-2-3-8-18-14)9-16(15)20-11-5-4-6-11/h9-11,14,18H,2-8H2,1H3. The summed E-state index contributed by atoms with van der Waals surface area (Å²) in [6.07, 6.45) is 7.73. The molecule has 2 aliphatic rings. The van der Waals surface area contributed by atoms with Crippen LogP contribution in [-0.4, -0.2) is 19.8 Å². The van der Waals surface area contributed by atoms with E-state index in [0.29, 0.717) is 12.1 Å². The van der Waals surface area contributed by atoms with E-state index in [9.17, 15) is 0 Å². The molecule has 2 fully saturated rings. The van der Waals surface area contributed by atoms with E-state index < -0.39 is 0 Å². The highest BCUT2D eigenvalue weighted by atomic mass is 79.9. The molecule has 3 rings (SSSR count). The Balaban J connectivity index is 1.86. The van der Waals surface area contributed by atoms with Crippen molar-refractivity contribution in [2.75, 3.05) is 13.7 Å². The molecule has 1 aromatic rings. The van der Waals surface area contributed by atoms with Gasteiger partial charge in [0.2, 0.25) is 0 Å². The second-order valence-electron chi connectivity index (χ2n) is 5.70. The van der Waals surface area contributed by atoms with Crippen LogP contribution in [0.5, 0.6) is 11.5 Å². The maximum Gasteiger partial charge on any atom is 0.161 e. The van der Waals surface area contributed by atoms with Crippen molar-refractivity contribution in [3.8, 4) is 11.5 Å². The van der Waals surface area contributed by atoms with Crippen molar-refractivity contribution in [1.82, 2.24) is 5.32 Å². The lowest BCUT2D eigenvalue weighted by Crippen LogP contribution is -2.27. The molecule has 1 aliphatic carbocycles. The molecule has 0 amide bonds. The molecule has 3 nitrogen and oxygen atoms in total. The smallest absolute Gasteiger partial charge is 0.161 e. The molecule has 1 N–H and O–H groups in total. The van der Waals surface area contributed by atoms with Gasteiger partial charge in [0.05, 0.1) is 13.2 Å². The fourth-order valence-electron chi connectivity index (χ4n) is 2.85. The van der Waals surface area contributed by atoms with Gasteiger partial charge in [-0.25, -0.2) is 0 Å². The first kappa shape index (κ1) is 14.2. The van der Waals surface area contributed by atoms with Crippen LogP contribution < -0.4 is 14.8 Å². The first-order chi connectivity index (χ1) is 9.78. The molecule has 1 atom stereocenters. The van der Waals surface area contributed by atoms with Gasteiger partial charge >= 0.3 is 0 Å². The van der Waals surface area contributed by atoms with Crippen molar-refractivity contribution in [3.05, 3.63) is 22.2 Å². The highest BCUT2D eigenvalue weighted by Gasteiger charge is 2.24. The largest absolute Gasteiger partial charge is 0.493 e. The number of nitrogens with one attached hydrogen (secondary N) is 1. The maximum atomic E-state index is 6.09. The Bertz CT molecular complexity index is 468. The molecule has 1 aliphatic heterocycles. The molecule has 0 radical (unpaired) electrons. The fourth-order valence-corrected chi connectivity index (χ4v) is 3.45. The van der Waals surface area contributed by atoms with E-state index in [0.717, 1.165) is 35.4 Å². The van der Waals surface area contributed by atoms with Gasteiger partial charge in [-0.15, -0.1) is 0 Å². The summed E-state index contributed by atoms with van der Waals surface area (Å²) < 4.78 is 12.7. The summed E-state index contributed by atoms with van der Waals surface area (Å²) in [5.74, 6) is 1.71. The summed E-state index contributed by atoms with van der Waals surface area (Å²) in [7, 11) is 1.70. The molecule has 1 aromatic carbocycles. The van der Waals surface area contributed by atoms with Gasteiger partial charge in [-0.2, -0.15) is 0 Å². The van der Waals surface area contributed by atoms with E-state index in [4.69, 9.17) is 9.47 Å². The zero-order chi connectivity index (χ0) is 13.9. The minimum Gasteiger partial charge on any atom is -0.493 e. The van der Waals surface area contributed by atoms with Gasteiger partial charge in [0.1, 0.15) is 0 Å². The lowest BCUT2D eigenvalue weighted by Gasteiger charge is -2.29. The van der Waals surface area contributed by atoms with Crippen LogP contribution in [0.2, 0.25) is 0 Å². The molecule has 4 heteroatoms. The second kappa shape index (κ2) is 6.35. The molecule has 0 spiro atoms. The van der Waals surface area contributed by atoms with Gasteiger partial charge in [-0.05, 0) is 56.3 Å². The Kier molecular flexibility index (Phi) is 4.51. The van der Waals surface area contributed by atoms with Crippen molar-refractivity contribution >= 4 is 15.9 Å². The SMILES string of the molecule is COc1cc(Br)c(C2CCCCN2)cc1OC1CCC1. The first-order valence-electron chi connectivity index (χ1n) is 7.55. The van der Waals surface area contributed by atoms with Crippen molar-refractivity contribution in [1.29, 1.82) is 0 Å². The maximum absolute atomic E-state index is 6.09. The summed E-state index contributed by atoms with van der Waals surface area (Å²) in [6.45, 7) is 1.10. The van der Waals surface area contributed by atoms with Gasteiger partial charge in [0, 0.05) is 10.5 Å². The number of rotatable bonds is 4. The van der Waals surface area contributed by atoms with E-state index in [1.54, 1.807) is 7.11 Å². The number of halogens is 1. The molecule has 20 heavy (non-hydrogen) atoms. The first-order valence-corrected chi connectivity index (χ1v) is 8.34. The van der Waals surface area contributed by atoms with E-state index in [-0.39, 0.29) is 0 Å². The van der Waals surface area contributed by atoms with Gasteiger partial charge in [0.15, 0.2) is 11.5 Å². The topological polar surface area (TPSA) is 30.5 Å². The third-order valence-electron chi connectivity index (χ3n) is 4.31. The fraction of sp³-hybridized carbons (Fsp3) is 0.625. The zero-order valence-corrected chi connectivity index (χ0v) is 13.5. The van der Waals surface area contributed by atoms with Crippen LogP contribution >= 0.6 is 15.9 Å². The predicted molar refractivity (Wildman–Crippen MR) is 83.6 cm³/mol. The molecule has 1 unspecified atom stereocenters. The number of ether oxygens (including phenoxy) is 2. The van der Waals surface area contributed by atoms with Crippen LogP contribution in [0.15, 0.2) is 16.6 Å². The Morgan fingerprint density at radius 3 is 2.55 bits per heavy atom. The van der Waals surface area contributed by atoms with E-state index in [2.05, 4.69) is 27.3 Å². The number of piperidine rings is 1. The van der Waals surface area contributed by atoms with Gasteiger partial charge in [-0.3, -0.25) is 0 Å². The summed E-state index contributed by atoms with van der Waals surface area (Å²) in [6, 6.07) is 4.62. The van der Waals surface area contributed by atoms with Crippen LogP contribution in [-0.2, 0) is 0 Å². The van der Waals surface area contributed by atoms with Gasteiger partial charge < -0.3 is 14.8 Å². The average molecular weight is 340 g/mol. The van der Waals surface area contributed by atoms with E-state index in [1.165, 1.54) is 31.2 Å². The number of hydrogen-bond donors (Lipinski definition) is 1. The molecule has 0 aromatic heterocycles. The monoisotopic (exact) mass is 339 g/mol. The normalized spacial score (nSPS) is 23.2. The van der Waals surface area contributed by atoms with Gasteiger partial charge in [-0.1, -0.05) is 22.4 Å². The third kappa shape index (κ3) is 2.96. The van der Waals surface area contributed by atoms with Crippen molar-refractivity contribution in [2.24, 2.45) is 0 Å². The summed E-state index contributed by atoms with van der Waals surface area (Å²) in [4.78, 5) is 0. The predicted octanol–water partition coefficient (Wildman–Crippen LogP) is 4.20. The minimum absolute atomic E-state index is 0.372. The highest BCUT2D eigenvalue weighted by molar-refractivity contribution is 9.10. The van der Waals surface area contributed by atoms with E-state index in [1.807, 2.05) is 6.07 Å². The third-order valence-corrected chi connectivity index (χ3v) is 5.00. The van der Waals surface area contributed by atoms with Crippen molar-refractivity contribution in [3.63, 3.8) is 0 Å². The Hall–Kier alpha value is -0.740. The molecular formula is C16H22BrNO2. The summed E-state index contributed by atoms with van der Waals surface area (Å²) in [5.41, 5.74) is 1.29. The molecule has 110 valence electrons. The molecule has 1 heterocycles. The molecule has 1 saturated heterocycles. The quantitative estimate of drug-likeness (QED) is 0.891. The Morgan fingerprint density at radius 1 is 1.10 bits per heavy atom. The van der Waals surface area contributed by atoms with Crippen molar-refractivity contribution < 1.29 is 9.47 Å². The molecule has 0 bridgehead atoms. The summed E-state index contributed by atoms with van der Waals surface area (Å²) in [5, 5.41) is 3.60. The van der Waals surface area contributed by atoms with Crippen molar-refractivity contribution in [2.45, 2.75) is 50.7 Å². The number of methoxy groups -OCH3 is 1. The van der Waals surface area contributed by atoms with Crippen LogP contribution in [0.1, 0.15) is 50.1 Å². The number of hydrogen-bond acceptors (Lipinski definition) is 3. The molecular weight excluding hydrogens is 318 g/mol. The highest BCUT2D eigenvalue weighted by Crippen LogP contribution is 2.40. The average Bonchev–Trinajstić information content (AvgIpc) is 2.44. The minimum atomic E-state index is 0.372. The Morgan fingerprint density at radius 2 is 1.95 bits per heavy atom. The van der Waals surface area contributed by atoms with E-state index >= 15 is 0 Å². The van der Waals surface area contributed by atoms with Crippen LogP contribution in [0, 0.1) is 0 Å². The Labute approximate surface area is 129 Å². The molecule has 1 saturated carbocycles. The summed E-state index contributed by atoms with van der Waals surface area (Å²) >= 11 is 3.68. The lowest BCUT2D eigenvalue weighted by molar-refractivity contribution is 0.116. The zero-order valence-electron chi connectivity index (χ0n) is 12.0. The van der Waals surface area contributed by atoms with Gasteiger partial charge in [0.25, 0.3) is 0 Å². The van der Waals surface area contributed by atoms with Crippen LogP contribution in [0.4, 0.5) is 0 Å². The lowest BCUT2D eigenvalue weighted by atomic mass is 9.95. The van der Waals surface area contributed by atoms with Crippen LogP contribution in [0.25, 0.3) is 0 Å². The van der Waals surface area contributed by atoms with Crippen LogP contribution in [0.3, 0.4) is 0 Å². The number of benzene rings is 1. The second-order valence-corrected chi connectivity index (χ2v) is 6.55.